The van der Waals surface area contributed by atoms with Gasteiger partial charge in [0, 0.05) is 22.1 Å². The predicted molar refractivity (Wildman–Crippen MR) is 195 cm³/mol. The summed E-state index contributed by atoms with van der Waals surface area (Å²) in [5.74, 6) is 0. The minimum absolute atomic E-state index is 0.0108. The van der Waals surface area contributed by atoms with E-state index in [0.717, 1.165) is 39.0 Å². The molecular formula is C45H31N. The molecule has 1 nitrogen and oxygen atoms in total. The smallest absolute Gasteiger partial charge is 0.0630 e. The lowest BCUT2D eigenvalue weighted by Crippen LogP contribution is -2.14. The summed E-state index contributed by atoms with van der Waals surface area (Å²) in [5.41, 5.74) is 5.54. The highest BCUT2D eigenvalue weighted by molar-refractivity contribution is 6.27. The quantitative estimate of drug-likeness (QED) is 0.178. The fraction of sp³-hybridized carbons (Fsp3) is 0.0667. The average molecular weight is 599 g/mol. The van der Waals surface area contributed by atoms with Gasteiger partial charge in [-0.25, -0.2) is 0 Å². The summed E-state index contributed by atoms with van der Waals surface area (Å²) in [6, 6.07) is 16.7. The molecule has 0 unspecified atom stereocenters. The first-order chi connectivity index (χ1) is 28.0. The van der Waals surface area contributed by atoms with Crippen molar-refractivity contribution >= 4 is 43.2 Å². The molecule has 0 N–H and O–H groups in total. The summed E-state index contributed by atoms with van der Waals surface area (Å²) >= 11 is 0. The Labute approximate surface area is 286 Å². The number of fused-ring (bicyclic) bond motifs is 5. The maximum Gasteiger partial charge on any atom is 0.0630 e. The van der Waals surface area contributed by atoms with Crippen LogP contribution in [0.2, 0.25) is 0 Å². The number of aromatic nitrogens is 1. The van der Waals surface area contributed by atoms with Crippen molar-refractivity contribution < 1.29 is 17.8 Å². The van der Waals surface area contributed by atoms with Crippen LogP contribution in [0.5, 0.6) is 0 Å². The van der Waals surface area contributed by atoms with Crippen LogP contribution in [0.25, 0.3) is 82.4 Å². The molecular weight excluding hydrogens is 555 g/mol. The summed E-state index contributed by atoms with van der Waals surface area (Å²) in [5, 5.41) is 0.421. The molecule has 1 heterocycles. The first-order valence-corrected chi connectivity index (χ1v) is 15.1. The van der Waals surface area contributed by atoms with Crippen molar-refractivity contribution in [3.63, 3.8) is 0 Å². The van der Waals surface area contributed by atoms with E-state index >= 15 is 0 Å². The zero-order valence-electron chi connectivity index (χ0n) is 37.9. The van der Waals surface area contributed by atoms with Crippen LogP contribution in [0.1, 0.15) is 42.8 Å². The lowest BCUT2D eigenvalue weighted by molar-refractivity contribution is 0.666. The minimum atomic E-state index is -0.686. The van der Waals surface area contributed by atoms with Crippen molar-refractivity contribution in [2.24, 2.45) is 0 Å². The summed E-state index contributed by atoms with van der Waals surface area (Å²) in [6.45, 7) is 4.34. The van der Waals surface area contributed by atoms with Gasteiger partial charge in [-0.05, 0) is 90.0 Å². The Hall–Kier alpha value is -5.66. The average Bonchev–Trinajstić information content (AvgIpc) is 3.69. The minimum Gasteiger partial charge on any atom is -0.309 e. The highest BCUT2D eigenvalue weighted by atomic mass is 15.0. The van der Waals surface area contributed by atoms with E-state index in [9.17, 15) is 9.60 Å². The zero-order valence-corrected chi connectivity index (χ0v) is 24.9. The van der Waals surface area contributed by atoms with Crippen LogP contribution in [0.4, 0.5) is 0 Å². The Balaban J connectivity index is 1.39. The molecule has 8 aromatic carbocycles. The molecule has 0 bridgehead atoms. The summed E-state index contributed by atoms with van der Waals surface area (Å²) < 4.78 is 119. The van der Waals surface area contributed by atoms with Crippen LogP contribution >= 0.6 is 0 Å². The summed E-state index contributed by atoms with van der Waals surface area (Å²) in [7, 11) is 0. The SMILES string of the molecule is [2H]c1c([2H])c([2H])c(-c2c([2H])c([2H])c3c([2H])c([2H])c4c(-c5ccc6c(c5)c5c(n6-c6ccccc6)-c6ccccc6C5(C)C)c([2H])c([2H])c5c([2H])c([2H])c2c3c54)c([2H])c1[2H]. The van der Waals surface area contributed by atoms with Crippen molar-refractivity contribution in [2.75, 3.05) is 0 Å². The monoisotopic (exact) mass is 598 g/mol. The molecule has 46 heavy (non-hydrogen) atoms. The molecule has 9 aromatic rings. The number of nitrogens with zero attached hydrogens (tertiary/aromatic N) is 1. The van der Waals surface area contributed by atoms with Crippen LogP contribution in [0, 0.1) is 0 Å². The van der Waals surface area contributed by atoms with Crippen molar-refractivity contribution in [3.05, 3.63) is 162 Å². The highest BCUT2D eigenvalue weighted by Crippen LogP contribution is 2.54. The first-order valence-electron chi connectivity index (χ1n) is 21.6. The molecule has 1 aliphatic carbocycles. The van der Waals surface area contributed by atoms with Gasteiger partial charge in [0.05, 0.1) is 29.0 Å². The fourth-order valence-corrected chi connectivity index (χ4v) is 7.52. The van der Waals surface area contributed by atoms with Gasteiger partial charge < -0.3 is 4.57 Å². The van der Waals surface area contributed by atoms with Crippen LogP contribution in [-0.2, 0) is 5.41 Å². The molecule has 1 aromatic heterocycles. The maximum atomic E-state index is 9.49. The molecule has 0 saturated heterocycles. The molecule has 0 spiro atoms. The van der Waals surface area contributed by atoms with Gasteiger partial charge in [0.2, 0.25) is 0 Å². The molecule has 10 rings (SSSR count). The van der Waals surface area contributed by atoms with Crippen LogP contribution < -0.4 is 0 Å². The van der Waals surface area contributed by atoms with E-state index in [4.69, 9.17) is 8.22 Å². The second-order valence-electron chi connectivity index (χ2n) is 12.3. The van der Waals surface area contributed by atoms with E-state index in [2.05, 4.69) is 30.5 Å². The highest BCUT2D eigenvalue weighted by Gasteiger charge is 2.40. The Kier molecular flexibility index (Phi) is 3.21. The third-order valence-electron chi connectivity index (χ3n) is 9.50. The largest absolute Gasteiger partial charge is 0.309 e. The molecule has 1 heteroatoms. The maximum absolute atomic E-state index is 9.49. The molecule has 0 atom stereocenters. The molecule has 0 saturated carbocycles. The molecule has 216 valence electrons. The van der Waals surface area contributed by atoms with Crippen LogP contribution in [0.15, 0.2) is 151 Å². The Morgan fingerprint density at radius 1 is 0.543 bits per heavy atom. The van der Waals surface area contributed by atoms with Crippen molar-refractivity contribution in [3.8, 4) is 39.2 Å². The van der Waals surface area contributed by atoms with Gasteiger partial charge in [-0.3, -0.25) is 0 Å². The fourth-order valence-electron chi connectivity index (χ4n) is 7.52. The zero-order chi connectivity index (χ0) is 41.9. The van der Waals surface area contributed by atoms with Gasteiger partial charge in [-0.2, -0.15) is 0 Å². The first kappa shape index (κ1) is 16.1. The Bertz CT molecular complexity index is 3360. The van der Waals surface area contributed by atoms with Crippen molar-refractivity contribution in [1.29, 1.82) is 0 Å². The standard InChI is InChI=1S/C45H31N/c1-45(2)39-16-10-9-15-37(39)44-43(45)38-27-31(21-26-40(38)46(44)32-13-7-4-8-14-32)34-23-18-30-19-24-35-33(28-11-5-3-6-12-28)22-17-29-20-25-36(34)42(30)41(29)35/h3-27H,1-2H3/i3D,5D,6D,11D,12D,17D,18D,19D,20D,22D,23D,24D,25D. The third kappa shape index (κ3) is 3.35. The summed E-state index contributed by atoms with van der Waals surface area (Å²) in [4.78, 5) is 0. The summed E-state index contributed by atoms with van der Waals surface area (Å²) in [6.07, 6.45) is 0. The molecule has 0 fully saturated rings. The van der Waals surface area contributed by atoms with Gasteiger partial charge in [0.15, 0.2) is 0 Å². The molecule has 0 amide bonds. The third-order valence-corrected chi connectivity index (χ3v) is 9.50. The molecule has 1 aliphatic rings. The van der Waals surface area contributed by atoms with Gasteiger partial charge in [-0.1, -0.05) is 141 Å². The number of para-hydroxylation sites is 1. The molecule has 0 radical (unpaired) electrons. The Morgan fingerprint density at radius 2 is 1.17 bits per heavy atom. The van der Waals surface area contributed by atoms with Crippen LogP contribution in [0.3, 0.4) is 0 Å². The number of benzene rings is 8. The lowest BCUT2D eigenvalue weighted by atomic mass is 9.81. The van der Waals surface area contributed by atoms with Gasteiger partial charge in [0.25, 0.3) is 0 Å². The predicted octanol–water partition coefficient (Wildman–Crippen LogP) is 12.2. The Morgan fingerprint density at radius 3 is 1.89 bits per heavy atom. The van der Waals surface area contributed by atoms with E-state index < -0.39 is 83.5 Å². The lowest BCUT2D eigenvalue weighted by Gasteiger charge is -2.21. The number of hydrogen-bond donors (Lipinski definition) is 0. The van der Waals surface area contributed by atoms with E-state index in [1.165, 1.54) is 0 Å². The van der Waals surface area contributed by atoms with Crippen molar-refractivity contribution in [1.82, 2.24) is 4.57 Å². The van der Waals surface area contributed by atoms with Crippen molar-refractivity contribution in [2.45, 2.75) is 19.3 Å². The van der Waals surface area contributed by atoms with E-state index in [1.807, 2.05) is 60.7 Å². The van der Waals surface area contributed by atoms with Crippen LogP contribution in [-0.4, -0.2) is 4.57 Å². The topological polar surface area (TPSA) is 4.93 Å². The van der Waals surface area contributed by atoms with E-state index in [1.54, 1.807) is 0 Å². The number of hydrogen-bond acceptors (Lipinski definition) is 0. The second-order valence-corrected chi connectivity index (χ2v) is 12.3. The van der Waals surface area contributed by atoms with E-state index in [-0.39, 0.29) is 49.5 Å². The van der Waals surface area contributed by atoms with Gasteiger partial charge in [-0.15, -0.1) is 0 Å². The van der Waals surface area contributed by atoms with Gasteiger partial charge in [0.1, 0.15) is 0 Å². The second kappa shape index (κ2) is 9.19. The van der Waals surface area contributed by atoms with Gasteiger partial charge >= 0.3 is 0 Å². The normalized spacial score (nSPS) is 17.6. The van der Waals surface area contributed by atoms with E-state index in [0.29, 0.717) is 5.56 Å². The molecule has 0 aliphatic heterocycles. The number of rotatable bonds is 3.